The number of nitrogens with one attached hydrogen (secondary N) is 1. The molecule has 1 aromatic rings. The second-order valence-corrected chi connectivity index (χ2v) is 3.02. The molecule has 1 aromatic carbocycles. The average molecular weight is 208 g/mol. The number of amides is 1. The van der Waals surface area contributed by atoms with Gasteiger partial charge in [-0.1, -0.05) is 18.2 Å². The standard InChI is InChI=1S/C11H13FN2O/c12-6-9(7-13)8-14-11(15)10-4-2-1-3-5-10/h1-6H,7-8,13H2,(H,14,15)/b9-6+. The van der Waals surface area contributed by atoms with Crippen molar-refractivity contribution in [3.05, 3.63) is 47.8 Å². The van der Waals surface area contributed by atoms with E-state index in [9.17, 15) is 9.18 Å². The summed E-state index contributed by atoms with van der Waals surface area (Å²) in [5, 5.41) is 2.57. The summed E-state index contributed by atoms with van der Waals surface area (Å²) in [5.41, 5.74) is 6.16. The lowest BCUT2D eigenvalue weighted by atomic mass is 10.2. The van der Waals surface area contributed by atoms with Crippen LogP contribution in [0.25, 0.3) is 0 Å². The first kappa shape index (κ1) is 11.4. The maximum atomic E-state index is 12.1. The zero-order chi connectivity index (χ0) is 11.1. The SMILES string of the molecule is NC/C(=C\F)CNC(=O)c1ccccc1. The van der Waals surface area contributed by atoms with Crippen molar-refractivity contribution < 1.29 is 9.18 Å². The van der Waals surface area contributed by atoms with Crippen molar-refractivity contribution >= 4 is 5.91 Å². The Labute approximate surface area is 87.8 Å². The number of nitrogens with two attached hydrogens (primary N) is 1. The molecule has 0 radical (unpaired) electrons. The molecule has 1 amide bonds. The minimum Gasteiger partial charge on any atom is -0.348 e. The molecule has 0 saturated carbocycles. The van der Waals surface area contributed by atoms with Crippen LogP contribution in [0.2, 0.25) is 0 Å². The van der Waals surface area contributed by atoms with Crippen molar-refractivity contribution in [2.24, 2.45) is 5.73 Å². The number of carbonyl (C=O) groups excluding carboxylic acids is 1. The zero-order valence-corrected chi connectivity index (χ0v) is 8.24. The van der Waals surface area contributed by atoms with E-state index >= 15 is 0 Å². The highest BCUT2D eigenvalue weighted by atomic mass is 19.1. The normalized spacial score (nSPS) is 11.2. The van der Waals surface area contributed by atoms with Gasteiger partial charge in [0.2, 0.25) is 0 Å². The molecule has 0 aliphatic rings. The lowest BCUT2D eigenvalue weighted by Gasteiger charge is -2.05. The number of rotatable bonds is 4. The Bertz CT molecular complexity index is 349. The molecule has 0 aliphatic heterocycles. The molecule has 0 bridgehead atoms. The van der Waals surface area contributed by atoms with Gasteiger partial charge < -0.3 is 11.1 Å². The molecule has 0 fully saturated rings. The highest BCUT2D eigenvalue weighted by molar-refractivity contribution is 5.94. The highest BCUT2D eigenvalue weighted by Crippen LogP contribution is 1.98. The first-order chi connectivity index (χ1) is 7.27. The molecule has 0 atom stereocenters. The van der Waals surface area contributed by atoms with Crippen molar-refractivity contribution in [2.75, 3.05) is 13.1 Å². The molecule has 4 heteroatoms. The molecular formula is C11H13FN2O. The molecule has 0 unspecified atom stereocenters. The van der Waals surface area contributed by atoms with Crippen molar-refractivity contribution in [1.82, 2.24) is 5.32 Å². The van der Waals surface area contributed by atoms with Crippen LogP contribution < -0.4 is 11.1 Å². The summed E-state index contributed by atoms with van der Waals surface area (Å²) < 4.78 is 12.1. The van der Waals surface area contributed by atoms with E-state index < -0.39 is 0 Å². The Kier molecular flexibility index (Phi) is 4.50. The van der Waals surface area contributed by atoms with Crippen molar-refractivity contribution in [1.29, 1.82) is 0 Å². The second kappa shape index (κ2) is 5.93. The molecule has 1 rings (SSSR count). The molecule has 3 N–H and O–H groups in total. The largest absolute Gasteiger partial charge is 0.348 e. The minimum absolute atomic E-state index is 0.103. The van der Waals surface area contributed by atoms with Gasteiger partial charge in [0, 0.05) is 18.7 Å². The Balaban J connectivity index is 2.51. The van der Waals surface area contributed by atoms with E-state index in [0.717, 1.165) is 0 Å². The van der Waals surface area contributed by atoms with E-state index in [-0.39, 0.29) is 19.0 Å². The summed E-state index contributed by atoms with van der Waals surface area (Å²) in [6, 6.07) is 8.74. The zero-order valence-electron chi connectivity index (χ0n) is 8.24. The van der Waals surface area contributed by atoms with Gasteiger partial charge in [-0.05, 0) is 17.7 Å². The molecule has 0 heterocycles. The van der Waals surface area contributed by atoms with E-state index in [0.29, 0.717) is 17.5 Å². The second-order valence-electron chi connectivity index (χ2n) is 3.02. The third kappa shape index (κ3) is 3.52. The first-order valence-corrected chi connectivity index (χ1v) is 4.59. The van der Waals surface area contributed by atoms with Crippen LogP contribution >= 0.6 is 0 Å². The summed E-state index contributed by atoms with van der Waals surface area (Å²) in [6.07, 6.45) is 0.422. The molecule has 80 valence electrons. The van der Waals surface area contributed by atoms with Crippen LogP contribution in [0.3, 0.4) is 0 Å². The fourth-order valence-corrected chi connectivity index (χ4v) is 1.04. The molecule has 0 aliphatic carbocycles. The molecule has 0 saturated heterocycles. The first-order valence-electron chi connectivity index (χ1n) is 4.59. The van der Waals surface area contributed by atoms with Gasteiger partial charge in [-0.15, -0.1) is 0 Å². The van der Waals surface area contributed by atoms with E-state index in [2.05, 4.69) is 5.32 Å². The van der Waals surface area contributed by atoms with E-state index in [1.165, 1.54) is 0 Å². The maximum Gasteiger partial charge on any atom is 0.251 e. The topological polar surface area (TPSA) is 55.1 Å². The highest BCUT2D eigenvalue weighted by Gasteiger charge is 2.04. The number of hydrogen-bond acceptors (Lipinski definition) is 2. The quantitative estimate of drug-likeness (QED) is 0.781. The van der Waals surface area contributed by atoms with E-state index in [4.69, 9.17) is 5.73 Å². The van der Waals surface area contributed by atoms with Gasteiger partial charge in [-0.3, -0.25) is 4.79 Å². The number of hydrogen-bond donors (Lipinski definition) is 2. The van der Waals surface area contributed by atoms with Crippen LogP contribution in [0.4, 0.5) is 4.39 Å². The smallest absolute Gasteiger partial charge is 0.251 e. The van der Waals surface area contributed by atoms with Crippen LogP contribution in [0.15, 0.2) is 42.2 Å². The third-order valence-corrected chi connectivity index (χ3v) is 1.93. The van der Waals surface area contributed by atoms with Gasteiger partial charge in [0.1, 0.15) is 0 Å². The fraction of sp³-hybridized carbons (Fsp3) is 0.182. The van der Waals surface area contributed by atoms with Crippen LogP contribution in [0.1, 0.15) is 10.4 Å². The van der Waals surface area contributed by atoms with Crippen molar-refractivity contribution in [2.45, 2.75) is 0 Å². The molecule has 15 heavy (non-hydrogen) atoms. The van der Waals surface area contributed by atoms with Gasteiger partial charge >= 0.3 is 0 Å². The Morgan fingerprint density at radius 2 is 2.07 bits per heavy atom. The van der Waals surface area contributed by atoms with Crippen molar-refractivity contribution in [3.8, 4) is 0 Å². The third-order valence-electron chi connectivity index (χ3n) is 1.93. The Hall–Kier alpha value is -1.68. The molecular weight excluding hydrogens is 195 g/mol. The maximum absolute atomic E-state index is 12.1. The molecule has 0 aromatic heterocycles. The van der Waals surface area contributed by atoms with Gasteiger partial charge in [-0.2, -0.15) is 0 Å². The Morgan fingerprint density at radius 1 is 1.40 bits per heavy atom. The lowest BCUT2D eigenvalue weighted by molar-refractivity contribution is 0.0957. The number of carbonyl (C=O) groups is 1. The minimum atomic E-state index is -0.233. The van der Waals surface area contributed by atoms with E-state index in [1.54, 1.807) is 24.3 Å². The lowest BCUT2D eigenvalue weighted by Crippen LogP contribution is -2.27. The average Bonchev–Trinajstić information content (AvgIpc) is 2.31. The van der Waals surface area contributed by atoms with Crippen molar-refractivity contribution in [3.63, 3.8) is 0 Å². The predicted octanol–water partition coefficient (Wildman–Crippen LogP) is 1.23. The van der Waals surface area contributed by atoms with Crippen LogP contribution in [0, 0.1) is 0 Å². The van der Waals surface area contributed by atoms with Crippen LogP contribution in [0.5, 0.6) is 0 Å². The molecule has 0 spiro atoms. The summed E-state index contributed by atoms with van der Waals surface area (Å²) in [7, 11) is 0. The number of benzene rings is 1. The van der Waals surface area contributed by atoms with Gasteiger partial charge in [0.15, 0.2) is 0 Å². The fourth-order valence-electron chi connectivity index (χ4n) is 1.04. The monoisotopic (exact) mass is 208 g/mol. The summed E-state index contributed by atoms with van der Waals surface area (Å²) >= 11 is 0. The van der Waals surface area contributed by atoms with Crippen LogP contribution in [-0.2, 0) is 0 Å². The summed E-state index contributed by atoms with van der Waals surface area (Å²) in [5.74, 6) is -0.233. The predicted molar refractivity (Wildman–Crippen MR) is 57.0 cm³/mol. The van der Waals surface area contributed by atoms with Gasteiger partial charge in [-0.25, -0.2) is 4.39 Å². The van der Waals surface area contributed by atoms with Gasteiger partial charge in [0.05, 0.1) is 6.33 Å². The van der Waals surface area contributed by atoms with Crippen LogP contribution in [-0.4, -0.2) is 19.0 Å². The number of halogens is 1. The molecule has 3 nitrogen and oxygen atoms in total. The van der Waals surface area contributed by atoms with Gasteiger partial charge in [0.25, 0.3) is 5.91 Å². The Morgan fingerprint density at radius 3 is 2.60 bits per heavy atom. The van der Waals surface area contributed by atoms with E-state index in [1.807, 2.05) is 6.07 Å². The summed E-state index contributed by atoms with van der Waals surface area (Å²) in [4.78, 5) is 11.5. The summed E-state index contributed by atoms with van der Waals surface area (Å²) in [6.45, 7) is 0.242.